The first-order valence-electron chi connectivity index (χ1n) is 5.53. The SMILES string of the molecule is N#C[S-].[Cl][Sn+]([Cl])[Cl].c1cnc2c(c1)ccc1cccnc12. The van der Waals surface area contributed by atoms with E-state index in [1.807, 2.05) is 12.1 Å². The number of aromatic nitrogens is 2. The minimum absolute atomic E-state index is 0.977. The summed E-state index contributed by atoms with van der Waals surface area (Å²) in [6.45, 7) is 0. The van der Waals surface area contributed by atoms with Crippen molar-refractivity contribution < 1.29 is 0 Å². The van der Waals surface area contributed by atoms with Crippen molar-refractivity contribution in [3.05, 3.63) is 48.8 Å². The van der Waals surface area contributed by atoms with Crippen LogP contribution in [0, 0.1) is 10.7 Å². The van der Waals surface area contributed by atoms with E-state index in [1.54, 1.807) is 12.4 Å². The molecule has 0 aliphatic rings. The molecule has 1 aromatic carbocycles. The summed E-state index contributed by atoms with van der Waals surface area (Å²) >= 11 is 1.57. The second-order valence-electron chi connectivity index (χ2n) is 3.52. The Morgan fingerprint density at radius 2 is 1.24 bits per heavy atom. The van der Waals surface area contributed by atoms with Gasteiger partial charge in [-0.1, -0.05) is 29.7 Å². The number of nitrogens with zero attached hydrogens (tertiary/aromatic N) is 3. The van der Waals surface area contributed by atoms with E-state index in [0.29, 0.717) is 0 Å². The predicted octanol–water partition coefficient (Wildman–Crippen LogP) is 4.49. The summed E-state index contributed by atoms with van der Waals surface area (Å²) < 4.78 is 0. The van der Waals surface area contributed by atoms with Crippen molar-refractivity contribution in [3.63, 3.8) is 0 Å². The van der Waals surface area contributed by atoms with Gasteiger partial charge >= 0.3 is 43.1 Å². The van der Waals surface area contributed by atoms with E-state index in [4.69, 9.17) is 32.0 Å². The van der Waals surface area contributed by atoms with Gasteiger partial charge in [0.1, 0.15) is 0 Å². The molecule has 3 aromatic rings. The molecule has 0 atom stereocenters. The van der Waals surface area contributed by atoms with Crippen molar-refractivity contribution in [1.82, 2.24) is 9.97 Å². The molecule has 0 amide bonds. The van der Waals surface area contributed by atoms with Crippen LogP contribution in [0.1, 0.15) is 0 Å². The Morgan fingerprint density at radius 1 is 0.905 bits per heavy atom. The summed E-state index contributed by atoms with van der Waals surface area (Å²) in [6.07, 6.45) is 3.60. The third-order valence-electron chi connectivity index (χ3n) is 2.34. The van der Waals surface area contributed by atoms with Gasteiger partial charge < -0.3 is 12.6 Å². The zero-order chi connectivity index (χ0) is 15.7. The molecule has 21 heavy (non-hydrogen) atoms. The molecular formula is C13H8Cl3N3SSn. The fourth-order valence-electron chi connectivity index (χ4n) is 1.68. The van der Waals surface area contributed by atoms with E-state index < -0.39 is 16.4 Å². The van der Waals surface area contributed by atoms with Crippen molar-refractivity contribution in [2.24, 2.45) is 0 Å². The number of fused-ring (bicyclic) bond motifs is 3. The van der Waals surface area contributed by atoms with Gasteiger partial charge in [-0.05, 0) is 12.1 Å². The number of rotatable bonds is 0. The Hall–Kier alpha value is -0.581. The van der Waals surface area contributed by atoms with E-state index in [2.05, 4.69) is 46.9 Å². The quantitative estimate of drug-likeness (QED) is 0.214. The number of halogens is 3. The van der Waals surface area contributed by atoms with Gasteiger partial charge in [0.25, 0.3) is 0 Å². The maximum Gasteiger partial charge on any atom is 0.0964 e. The minimum Gasteiger partial charge on any atom is -0.254 e. The normalized spacial score (nSPS) is 8.86. The third-order valence-corrected chi connectivity index (χ3v) is 2.34. The molecule has 0 saturated heterocycles. The summed E-state index contributed by atoms with van der Waals surface area (Å²) in [7, 11) is 15.0. The first kappa shape index (κ1) is 18.5. The molecule has 0 bridgehead atoms. The van der Waals surface area contributed by atoms with Gasteiger partial charge in [0, 0.05) is 23.2 Å². The molecule has 2 aromatic heterocycles. The van der Waals surface area contributed by atoms with Crippen LogP contribution in [-0.2, 0) is 12.6 Å². The van der Waals surface area contributed by atoms with Crippen molar-refractivity contribution in [3.8, 4) is 5.40 Å². The maximum atomic E-state index is 7.13. The Labute approximate surface area is 146 Å². The third kappa shape index (κ3) is 6.37. The van der Waals surface area contributed by atoms with Crippen molar-refractivity contribution in [1.29, 1.82) is 5.26 Å². The fraction of sp³-hybridized carbons (Fsp3) is 0. The van der Waals surface area contributed by atoms with Crippen LogP contribution in [0.5, 0.6) is 0 Å². The van der Waals surface area contributed by atoms with Crippen molar-refractivity contribution >= 4 is 77.6 Å². The zero-order valence-corrected chi connectivity index (χ0v) is 16.4. The number of pyridine rings is 2. The number of thiocyanates is 1. The van der Waals surface area contributed by atoms with Crippen LogP contribution in [0.2, 0.25) is 0 Å². The summed E-state index contributed by atoms with van der Waals surface area (Å²) in [5.41, 5.74) is 1.95. The molecule has 0 spiro atoms. The molecule has 0 radical (unpaired) electrons. The molecule has 0 aliphatic carbocycles. The van der Waals surface area contributed by atoms with Gasteiger partial charge in [-0.15, -0.1) is 0 Å². The number of nitriles is 1. The largest absolute Gasteiger partial charge is 0.254 e. The summed E-state index contributed by atoms with van der Waals surface area (Å²) in [5.74, 6) is 0. The average molecular weight is 463 g/mol. The van der Waals surface area contributed by atoms with Crippen LogP contribution in [0.4, 0.5) is 0 Å². The predicted molar refractivity (Wildman–Crippen MR) is 93.3 cm³/mol. The van der Waals surface area contributed by atoms with Crippen LogP contribution in [0.25, 0.3) is 21.8 Å². The van der Waals surface area contributed by atoms with Crippen LogP contribution >= 0.6 is 26.8 Å². The van der Waals surface area contributed by atoms with E-state index in [-0.39, 0.29) is 0 Å². The molecule has 8 heteroatoms. The van der Waals surface area contributed by atoms with Crippen molar-refractivity contribution in [2.45, 2.75) is 0 Å². The van der Waals surface area contributed by atoms with Gasteiger partial charge in [0.15, 0.2) is 0 Å². The first-order valence-corrected chi connectivity index (χ1v) is 16.8. The molecule has 0 N–H and O–H groups in total. The molecule has 3 rings (SSSR count). The van der Waals surface area contributed by atoms with Crippen LogP contribution < -0.4 is 0 Å². The molecule has 106 valence electrons. The molecule has 2 heterocycles. The van der Waals surface area contributed by atoms with E-state index in [0.717, 1.165) is 21.8 Å². The fourth-order valence-corrected chi connectivity index (χ4v) is 1.68. The smallest absolute Gasteiger partial charge is 0.0964 e. The van der Waals surface area contributed by atoms with Gasteiger partial charge in [-0.3, -0.25) is 9.97 Å². The molecule has 0 fully saturated rings. The average Bonchev–Trinajstić information content (AvgIpc) is 2.47. The van der Waals surface area contributed by atoms with Gasteiger partial charge in [0.2, 0.25) is 0 Å². The van der Waals surface area contributed by atoms with Gasteiger partial charge in [0.05, 0.1) is 11.0 Å². The second kappa shape index (κ2) is 10.2. The topological polar surface area (TPSA) is 49.6 Å². The molecule has 0 aliphatic heterocycles. The Morgan fingerprint density at radius 3 is 1.57 bits per heavy atom. The standard InChI is InChI=1S/C12H8N2.CHNS.3ClH.Sn/c1-3-9-5-6-10-4-2-8-14-12(10)11(9)13-7-1;2-1-3;;;;/h1-8H;3H;3*1H;/q;;;;;+4/p-4. The summed E-state index contributed by atoms with van der Waals surface area (Å²) in [4.78, 5) is 8.69. The summed E-state index contributed by atoms with van der Waals surface area (Å²) in [5, 5.41) is 10.7. The number of hydrogen-bond acceptors (Lipinski definition) is 4. The Balaban J connectivity index is 0.000000270. The van der Waals surface area contributed by atoms with E-state index in [9.17, 15) is 0 Å². The zero-order valence-electron chi connectivity index (χ0n) is 10.5. The second-order valence-corrected chi connectivity index (χ2v) is 16.4. The molecule has 0 saturated carbocycles. The molecule has 0 unspecified atom stereocenters. The number of benzene rings is 1. The number of hydrogen-bond donors (Lipinski definition) is 0. The maximum absolute atomic E-state index is 7.13. The van der Waals surface area contributed by atoms with E-state index in [1.165, 1.54) is 5.40 Å². The Bertz CT molecular complexity index is 692. The van der Waals surface area contributed by atoms with Crippen LogP contribution in [-0.4, -0.2) is 26.3 Å². The van der Waals surface area contributed by atoms with Crippen molar-refractivity contribution in [2.75, 3.05) is 0 Å². The minimum atomic E-state index is -2.13. The molecule has 3 nitrogen and oxygen atoms in total. The monoisotopic (exact) mass is 463 g/mol. The van der Waals surface area contributed by atoms with Crippen LogP contribution in [0.3, 0.4) is 0 Å². The van der Waals surface area contributed by atoms with Gasteiger partial charge in [-0.2, -0.15) is 0 Å². The van der Waals surface area contributed by atoms with E-state index >= 15 is 0 Å². The summed E-state index contributed by atoms with van der Waals surface area (Å²) in [6, 6.07) is 12.1. The van der Waals surface area contributed by atoms with Crippen LogP contribution in [0.15, 0.2) is 48.8 Å². The molecular weight excluding hydrogens is 455 g/mol. The Kier molecular flexibility index (Phi) is 8.97. The van der Waals surface area contributed by atoms with Gasteiger partial charge in [-0.25, -0.2) is 5.26 Å². The first-order chi connectivity index (χ1) is 10.1.